The molecule has 27 heteroatoms. The third-order valence-corrected chi connectivity index (χ3v) is 6.18. The van der Waals surface area contributed by atoms with Crippen molar-refractivity contribution < 1.29 is 132 Å². The first-order valence-corrected chi connectivity index (χ1v) is 14.9. The first-order valence-electron chi connectivity index (χ1n) is 14.9. The molecule has 1 saturated heterocycles. The van der Waals surface area contributed by atoms with E-state index in [1.165, 1.54) is 0 Å². The molecule has 306 valence electrons. The second-order valence-electron chi connectivity index (χ2n) is 9.97. The number of hydrogen-bond donors (Lipinski definition) is 9. The number of ether oxygens (including phenoxy) is 9. The molecule has 1 aliphatic rings. The van der Waals surface area contributed by atoms with Gasteiger partial charge in [0.2, 0.25) is 54.9 Å². The predicted octanol–water partition coefficient (Wildman–Crippen LogP) is -9.86. The van der Waals surface area contributed by atoms with Gasteiger partial charge in [-0.1, -0.05) is 0 Å². The van der Waals surface area contributed by atoms with Crippen LogP contribution in [-0.4, -0.2) is 214 Å². The summed E-state index contributed by atoms with van der Waals surface area (Å²) in [5.41, 5.74) is 0. The Balaban J connectivity index is 3.54. The molecule has 9 N–H and O–H groups in total. The summed E-state index contributed by atoms with van der Waals surface area (Å²) >= 11 is 0. The fourth-order valence-electron chi connectivity index (χ4n) is 3.38. The van der Waals surface area contributed by atoms with Gasteiger partial charge in [-0.15, -0.1) is 0 Å². The number of rotatable bonds is 9. The SMILES string of the molecule is O=C1OC(CO)C(=O)OC(CO)C(=O)OC(CO)C(=O)OC(CO)C(=O)OC(CO)C(=O)OC(CO)C(=O)OC(CO)C(=O)OC(CO)C(=O)OC1CO. The van der Waals surface area contributed by atoms with E-state index in [9.17, 15) is 89.1 Å². The van der Waals surface area contributed by atoms with Crippen LogP contribution in [0.1, 0.15) is 0 Å². The van der Waals surface area contributed by atoms with Crippen molar-refractivity contribution >= 4 is 53.7 Å². The Morgan fingerprint density at radius 1 is 0.222 bits per heavy atom. The van der Waals surface area contributed by atoms with Crippen LogP contribution < -0.4 is 0 Å². The summed E-state index contributed by atoms with van der Waals surface area (Å²) in [5.74, 6) is -16.4. The van der Waals surface area contributed by atoms with Crippen LogP contribution in [0.25, 0.3) is 0 Å². The number of cyclic esters (lactones) is 9. The Hall–Kier alpha value is -5.13. The molecule has 0 aromatic rings. The van der Waals surface area contributed by atoms with Gasteiger partial charge < -0.3 is 88.6 Å². The average molecular weight is 793 g/mol. The van der Waals surface area contributed by atoms with E-state index in [-0.39, 0.29) is 0 Å². The standard InChI is InChI=1S/C27H36O27/c28-1-10-19(37)47-12(3-30)21(39)49-14(5-32)23(41)51-16(7-34)25(43)53-18(9-36)27(45)54-17(8-35)26(44)52-15(6-33)24(42)50-13(4-31)22(40)48-11(2-29)20(38)46-10/h10-18,28-36H,1-9H2. The third kappa shape index (κ3) is 13.7. The number of carbonyl (C=O) groups is 9. The molecule has 0 amide bonds. The lowest BCUT2D eigenvalue weighted by Crippen LogP contribution is -2.45. The van der Waals surface area contributed by atoms with Gasteiger partial charge in [0.25, 0.3) is 0 Å². The highest BCUT2D eigenvalue weighted by Gasteiger charge is 2.40. The van der Waals surface area contributed by atoms with Crippen LogP contribution in [0.2, 0.25) is 0 Å². The first kappa shape index (κ1) is 46.9. The Morgan fingerprint density at radius 2 is 0.296 bits per heavy atom. The molecule has 1 fully saturated rings. The fraction of sp³-hybridized carbons (Fsp3) is 0.667. The highest BCUT2D eigenvalue weighted by Crippen LogP contribution is 2.12. The molecule has 0 bridgehead atoms. The molecule has 1 heterocycles. The smallest absolute Gasteiger partial charge is 0.350 e. The number of hydrogen-bond acceptors (Lipinski definition) is 27. The van der Waals surface area contributed by atoms with E-state index in [1.54, 1.807) is 0 Å². The Morgan fingerprint density at radius 3 is 0.352 bits per heavy atom. The van der Waals surface area contributed by atoms with Crippen LogP contribution in [0.4, 0.5) is 0 Å². The molecule has 54 heavy (non-hydrogen) atoms. The Kier molecular flexibility index (Phi) is 20.4. The van der Waals surface area contributed by atoms with Gasteiger partial charge in [0.15, 0.2) is 0 Å². The lowest BCUT2D eigenvalue weighted by Gasteiger charge is -2.23. The minimum Gasteiger partial charge on any atom is -0.445 e. The number of carbonyl (C=O) groups excluding carboxylic acids is 9. The maximum Gasteiger partial charge on any atom is 0.350 e. The van der Waals surface area contributed by atoms with E-state index in [0.29, 0.717) is 0 Å². The van der Waals surface area contributed by atoms with Gasteiger partial charge >= 0.3 is 53.7 Å². The zero-order valence-electron chi connectivity index (χ0n) is 27.4. The zero-order chi connectivity index (χ0) is 41.1. The summed E-state index contributed by atoms with van der Waals surface area (Å²) < 4.78 is 41.3. The number of aliphatic hydroxyl groups is 9. The van der Waals surface area contributed by atoms with Gasteiger partial charge in [-0.05, 0) is 0 Å². The molecule has 0 saturated carbocycles. The van der Waals surface area contributed by atoms with Crippen molar-refractivity contribution in [3.63, 3.8) is 0 Å². The zero-order valence-corrected chi connectivity index (χ0v) is 27.4. The highest BCUT2D eigenvalue weighted by atomic mass is 16.7. The van der Waals surface area contributed by atoms with Crippen molar-refractivity contribution in [3.8, 4) is 0 Å². The largest absolute Gasteiger partial charge is 0.445 e. The van der Waals surface area contributed by atoms with Gasteiger partial charge in [0, 0.05) is 0 Å². The van der Waals surface area contributed by atoms with E-state index in [1.807, 2.05) is 0 Å². The summed E-state index contributed by atoms with van der Waals surface area (Å²) in [6.45, 7) is -12.9. The quantitative estimate of drug-likeness (QED) is 0.0773. The van der Waals surface area contributed by atoms with E-state index in [2.05, 4.69) is 42.6 Å². The minimum atomic E-state index is -2.41. The summed E-state index contributed by atoms with van der Waals surface area (Å²) in [4.78, 5) is 113. The molecule has 0 aromatic carbocycles. The van der Waals surface area contributed by atoms with Crippen LogP contribution in [-0.2, 0) is 85.8 Å². The lowest BCUT2D eigenvalue weighted by atomic mass is 10.3. The van der Waals surface area contributed by atoms with Crippen LogP contribution in [0, 0.1) is 0 Å². The van der Waals surface area contributed by atoms with Gasteiger partial charge in [0.05, 0.1) is 59.5 Å². The topological polar surface area (TPSA) is 419 Å². The molecule has 0 radical (unpaired) electrons. The number of esters is 9. The first-order chi connectivity index (χ1) is 25.6. The predicted molar refractivity (Wildman–Crippen MR) is 153 cm³/mol. The van der Waals surface area contributed by atoms with Gasteiger partial charge in [-0.3, -0.25) is 0 Å². The van der Waals surface area contributed by atoms with E-state index in [4.69, 9.17) is 0 Å². The van der Waals surface area contributed by atoms with E-state index in [0.717, 1.165) is 0 Å². The Bertz CT molecular complexity index is 1020. The molecule has 27 nitrogen and oxygen atoms in total. The fourth-order valence-corrected chi connectivity index (χ4v) is 3.38. The molecule has 1 aliphatic heterocycles. The van der Waals surface area contributed by atoms with Crippen molar-refractivity contribution in [2.24, 2.45) is 0 Å². The molecule has 0 aliphatic carbocycles. The summed E-state index contributed by atoms with van der Waals surface area (Å²) in [6, 6.07) is 0. The van der Waals surface area contributed by atoms with Crippen molar-refractivity contribution in [2.45, 2.75) is 54.9 Å². The molecular formula is C27H36O27. The van der Waals surface area contributed by atoms with E-state index >= 15 is 0 Å². The van der Waals surface area contributed by atoms with Crippen LogP contribution in [0.3, 0.4) is 0 Å². The molecule has 0 spiro atoms. The summed E-state index contributed by atoms with van der Waals surface area (Å²) in [5, 5.41) is 85.8. The molecule has 9 atom stereocenters. The second-order valence-corrected chi connectivity index (χ2v) is 9.97. The Labute approximate surface area is 300 Å². The van der Waals surface area contributed by atoms with Crippen LogP contribution in [0.15, 0.2) is 0 Å². The second kappa shape index (κ2) is 23.5. The van der Waals surface area contributed by atoms with Gasteiger partial charge in [0.1, 0.15) is 0 Å². The molecule has 1 rings (SSSR count). The monoisotopic (exact) mass is 792 g/mol. The summed E-state index contributed by atoms with van der Waals surface area (Å²) in [7, 11) is 0. The van der Waals surface area contributed by atoms with Gasteiger partial charge in [-0.25, -0.2) is 43.2 Å². The van der Waals surface area contributed by atoms with Crippen molar-refractivity contribution in [2.75, 3.05) is 59.5 Å². The highest BCUT2D eigenvalue weighted by molar-refractivity contribution is 5.89. The molecule has 0 aromatic heterocycles. The van der Waals surface area contributed by atoms with Crippen molar-refractivity contribution in [3.05, 3.63) is 0 Å². The van der Waals surface area contributed by atoms with Crippen LogP contribution in [0.5, 0.6) is 0 Å². The van der Waals surface area contributed by atoms with Gasteiger partial charge in [-0.2, -0.15) is 0 Å². The average Bonchev–Trinajstić information content (AvgIpc) is 3.16. The lowest BCUT2D eigenvalue weighted by molar-refractivity contribution is -0.196. The van der Waals surface area contributed by atoms with Crippen molar-refractivity contribution in [1.82, 2.24) is 0 Å². The van der Waals surface area contributed by atoms with Crippen LogP contribution >= 0.6 is 0 Å². The number of aliphatic hydroxyl groups excluding tert-OH is 9. The normalized spacial score (nSPS) is 29.5. The minimum absolute atomic E-state index is 1.43. The van der Waals surface area contributed by atoms with Crippen molar-refractivity contribution in [1.29, 1.82) is 0 Å². The maximum absolute atomic E-state index is 12.5. The summed E-state index contributed by atoms with van der Waals surface area (Å²) in [6.07, 6.45) is -21.6. The molecular weight excluding hydrogens is 756 g/mol. The van der Waals surface area contributed by atoms with E-state index < -0.39 is 168 Å². The molecule has 9 unspecified atom stereocenters. The maximum atomic E-state index is 12.5. The third-order valence-electron chi connectivity index (χ3n) is 6.18.